The summed E-state index contributed by atoms with van der Waals surface area (Å²) in [4.78, 5) is 27.0. The number of hydrogen-bond donors (Lipinski definition) is 1. The fourth-order valence-corrected chi connectivity index (χ4v) is 3.37. The van der Waals surface area contributed by atoms with Gasteiger partial charge in [-0.2, -0.15) is 0 Å². The number of furan rings is 1. The van der Waals surface area contributed by atoms with Crippen LogP contribution in [0.5, 0.6) is 0 Å². The van der Waals surface area contributed by atoms with Crippen LogP contribution in [0, 0.1) is 0 Å². The van der Waals surface area contributed by atoms with E-state index in [1.165, 1.54) is 17.2 Å². The lowest BCUT2D eigenvalue weighted by Crippen LogP contribution is -2.32. The maximum absolute atomic E-state index is 12.9. The van der Waals surface area contributed by atoms with Crippen LogP contribution in [-0.4, -0.2) is 42.0 Å². The van der Waals surface area contributed by atoms with Gasteiger partial charge in [-0.25, -0.2) is 0 Å². The summed E-state index contributed by atoms with van der Waals surface area (Å²) in [5.41, 5.74) is 0.514. The molecule has 0 spiro atoms. The summed E-state index contributed by atoms with van der Waals surface area (Å²) in [7, 11) is 1.56. The SMILES string of the molecule is COCCCN1C(=O)C(O)=C(C(=O)c2ccco2)[C@H]1c1ccc(Cl)c(Cl)c1. The van der Waals surface area contributed by atoms with E-state index in [9.17, 15) is 14.7 Å². The summed E-state index contributed by atoms with van der Waals surface area (Å²) in [6, 6.07) is 7.07. The number of aliphatic hydroxyl groups is 1. The van der Waals surface area contributed by atoms with Crippen molar-refractivity contribution in [3.8, 4) is 0 Å². The highest BCUT2D eigenvalue weighted by atomic mass is 35.5. The lowest BCUT2D eigenvalue weighted by atomic mass is 9.95. The molecule has 1 aromatic heterocycles. The summed E-state index contributed by atoms with van der Waals surface area (Å²) >= 11 is 12.1. The molecule has 8 heteroatoms. The first-order chi connectivity index (χ1) is 13.0. The van der Waals surface area contributed by atoms with Crippen LogP contribution >= 0.6 is 23.2 Å². The van der Waals surface area contributed by atoms with E-state index in [2.05, 4.69) is 0 Å². The third-order valence-corrected chi connectivity index (χ3v) is 5.04. The maximum atomic E-state index is 12.9. The number of methoxy groups -OCH3 is 1. The number of aliphatic hydroxyl groups excluding tert-OH is 1. The van der Waals surface area contributed by atoms with Crippen LogP contribution < -0.4 is 0 Å². The molecule has 1 N–H and O–H groups in total. The Morgan fingerprint density at radius 3 is 2.70 bits per heavy atom. The van der Waals surface area contributed by atoms with Crippen molar-refractivity contribution in [3.05, 3.63) is 69.3 Å². The zero-order chi connectivity index (χ0) is 19.6. The van der Waals surface area contributed by atoms with Crippen molar-refractivity contribution in [3.63, 3.8) is 0 Å². The number of halogens is 2. The average Bonchev–Trinajstić information content (AvgIpc) is 3.26. The Kier molecular flexibility index (Phi) is 5.89. The first kappa shape index (κ1) is 19.5. The van der Waals surface area contributed by atoms with Gasteiger partial charge in [-0.05, 0) is 36.2 Å². The molecule has 0 saturated carbocycles. The van der Waals surface area contributed by atoms with Gasteiger partial charge in [-0.1, -0.05) is 29.3 Å². The molecule has 0 saturated heterocycles. The normalized spacial score (nSPS) is 17.1. The van der Waals surface area contributed by atoms with Crippen LogP contribution in [0.15, 0.2) is 52.3 Å². The number of nitrogens with zero attached hydrogens (tertiary/aromatic N) is 1. The number of ketones is 1. The minimum absolute atomic E-state index is 0.0353. The zero-order valence-corrected chi connectivity index (χ0v) is 16.0. The number of ether oxygens (including phenoxy) is 1. The van der Waals surface area contributed by atoms with E-state index in [-0.39, 0.29) is 22.9 Å². The van der Waals surface area contributed by atoms with E-state index in [4.69, 9.17) is 32.4 Å². The number of hydrogen-bond acceptors (Lipinski definition) is 5. The van der Waals surface area contributed by atoms with E-state index >= 15 is 0 Å². The van der Waals surface area contributed by atoms with Gasteiger partial charge in [0.2, 0.25) is 5.78 Å². The van der Waals surface area contributed by atoms with Gasteiger partial charge in [-0.3, -0.25) is 9.59 Å². The molecule has 1 aliphatic heterocycles. The monoisotopic (exact) mass is 409 g/mol. The molecule has 1 amide bonds. The predicted molar refractivity (Wildman–Crippen MR) is 100 cm³/mol. The van der Waals surface area contributed by atoms with Crippen LogP contribution in [-0.2, 0) is 9.53 Å². The second kappa shape index (κ2) is 8.17. The maximum Gasteiger partial charge on any atom is 0.290 e. The Morgan fingerprint density at radius 1 is 1.30 bits per heavy atom. The van der Waals surface area contributed by atoms with E-state index in [0.29, 0.717) is 23.6 Å². The number of rotatable bonds is 7. The van der Waals surface area contributed by atoms with Crippen LogP contribution in [0.2, 0.25) is 10.0 Å². The smallest absolute Gasteiger partial charge is 0.290 e. The van der Waals surface area contributed by atoms with Crippen molar-refractivity contribution < 1.29 is 23.8 Å². The Balaban J connectivity index is 2.05. The molecule has 2 aromatic rings. The number of Topliss-reactive ketones (excluding diaryl/α,β-unsaturated/α-hetero) is 1. The summed E-state index contributed by atoms with van der Waals surface area (Å²) in [6.07, 6.45) is 1.89. The van der Waals surface area contributed by atoms with Gasteiger partial charge in [0.05, 0.1) is 27.9 Å². The van der Waals surface area contributed by atoms with Crippen LogP contribution in [0.25, 0.3) is 0 Å². The molecule has 3 rings (SSSR count). The van der Waals surface area contributed by atoms with Gasteiger partial charge in [-0.15, -0.1) is 0 Å². The van der Waals surface area contributed by atoms with E-state index in [0.717, 1.165) is 0 Å². The molecular formula is C19H17Cl2NO5. The van der Waals surface area contributed by atoms with Crippen molar-refractivity contribution in [2.24, 2.45) is 0 Å². The van der Waals surface area contributed by atoms with Crippen LogP contribution in [0.3, 0.4) is 0 Å². The molecule has 142 valence electrons. The molecule has 0 fully saturated rings. The third kappa shape index (κ3) is 3.74. The van der Waals surface area contributed by atoms with Gasteiger partial charge in [0.1, 0.15) is 0 Å². The summed E-state index contributed by atoms with van der Waals surface area (Å²) in [5.74, 6) is -1.74. The highest BCUT2D eigenvalue weighted by Crippen LogP contribution is 2.40. The molecule has 1 aromatic carbocycles. The molecular weight excluding hydrogens is 393 g/mol. The van der Waals surface area contributed by atoms with E-state index in [1.54, 1.807) is 31.4 Å². The fourth-order valence-electron chi connectivity index (χ4n) is 3.06. The molecule has 1 aliphatic rings. The van der Waals surface area contributed by atoms with Crippen molar-refractivity contribution in [1.29, 1.82) is 0 Å². The van der Waals surface area contributed by atoms with Crippen molar-refractivity contribution in [1.82, 2.24) is 4.90 Å². The largest absolute Gasteiger partial charge is 0.503 e. The first-order valence-electron chi connectivity index (χ1n) is 8.22. The predicted octanol–water partition coefficient (Wildman–Crippen LogP) is 4.20. The van der Waals surface area contributed by atoms with E-state index in [1.807, 2.05) is 0 Å². The summed E-state index contributed by atoms with van der Waals surface area (Å²) < 4.78 is 10.2. The quantitative estimate of drug-likeness (QED) is 0.547. The third-order valence-electron chi connectivity index (χ3n) is 4.30. The Hall–Kier alpha value is -2.28. The van der Waals surface area contributed by atoms with Gasteiger partial charge in [0.15, 0.2) is 11.5 Å². The van der Waals surface area contributed by atoms with Gasteiger partial charge < -0.3 is 19.2 Å². The molecule has 0 radical (unpaired) electrons. The van der Waals surface area contributed by atoms with Crippen LogP contribution in [0.4, 0.5) is 0 Å². The Bertz CT molecular complexity index is 892. The van der Waals surface area contributed by atoms with Crippen molar-refractivity contribution in [2.75, 3.05) is 20.3 Å². The van der Waals surface area contributed by atoms with E-state index < -0.39 is 23.5 Å². The summed E-state index contributed by atoms with van der Waals surface area (Å²) in [5, 5.41) is 11.1. The standard InChI is InChI=1S/C19H17Cl2NO5/c1-26-8-3-7-22-16(11-5-6-12(20)13(21)10-11)15(18(24)19(22)25)17(23)14-4-2-9-27-14/h2,4-6,9-10,16,24H,3,7-8H2,1H3/t16-/m1/s1. The van der Waals surface area contributed by atoms with Crippen LogP contribution in [0.1, 0.15) is 28.6 Å². The lowest BCUT2D eigenvalue weighted by Gasteiger charge is -2.26. The van der Waals surface area contributed by atoms with Crippen molar-refractivity contribution in [2.45, 2.75) is 12.5 Å². The first-order valence-corrected chi connectivity index (χ1v) is 8.97. The number of amides is 1. The zero-order valence-electron chi connectivity index (χ0n) is 14.4. The lowest BCUT2D eigenvalue weighted by molar-refractivity contribution is -0.129. The second-order valence-corrected chi connectivity index (χ2v) is 6.80. The summed E-state index contributed by atoms with van der Waals surface area (Å²) in [6.45, 7) is 0.719. The number of carbonyl (C=O) groups is 2. The minimum Gasteiger partial charge on any atom is -0.503 e. The Morgan fingerprint density at radius 2 is 2.07 bits per heavy atom. The molecule has 0 bridgehead atoms. The molecule has 0 aliphatic carbocycles. The molecule has 2 heterocycles. The highest BCUT2D eigenvalue weighted by Gasteiger charge is 2.44. The minimum atomic E-state index is -0.804. The number of benzene rings is 1. The average molecular weight is 410 g/mol. The molecule has 1 atom stereocenters. The molecule has 0 unspecified atom stereocenters. The Labute approximate surface area is 165 Å². The molecule has 6 nitrogen and oxygen atoms in total. The van der Waals surface area contributed by atoms with Gasteiger partial charge in [0, 0.05) is 20.3 Å². The topological polar surface area (TPSA) is 80.0 Å². The number of carbonyl (C=O) groups excluding carboxylic acids is 2. The highest BCUT2D eigenvalue weighted by molar-refractivity contribution is 6.42. The van der Waals surface area contributed by atoms with Crippen molar-refractivity contribution >= 4 is 34.9 Å². The van der Waals surface area contributed by atoms with Gasteiger partial charge in [0.25, 0.3) is 5.91 Å². The molecule has 27 heavy (non-hydrogen) atoms. The second-order valence-electron chi connectivity index (χ2n) is 5.99. The fraction of sp³-hybridized carbons (Fsp3) is 0.263. The van der Waals surface area contributed by atoms with Gasteiger partial charge >= 0.3 is 0 Å².